The fraction of sp³-hybridized carbons (Fsp3) is 0.261. The van der Waals surface area contributed by atoms with Crippen LogP contribution in [0, 0.1) is 5.92 Å². The molecule has 2 N–H and O–H groups in total. The van der Waals surface area contributed by atoms with Crippen molar-refractivity contribution >= 4 is 23.2 Å². The van der Waals surface area contributed by atoms with E-state index >= 15 is 0 Å². The molecule has 0 spiro atoms. The molecule has 3 rings (SSSR count). The number of benzene rings is 2. The molecular formula is C23H25N3O3. The molecular weight excluding hydrogens is 366 g/mol. The molecule has 0 fully saturated rings. The van der Waals surface area contributed by atoms with E-state index in [1.54, 1.807) is 30.5 Å². The van der Waals surface area contributed by atoms with Crippen LogP contribution < -0.4 is 10.6 Å². The van der Waals surface area contributed by atoms with E-state index in [0.29, 0.717) is 36.5 Å². The van der Waals surface area contributed by atoms with Crippen molar-refractivity contribution in [3.05, 3.63) is 66.7 Å². The molecule has 0 saturated carbocycles. The van der Waals surface area contributed by atoms with Crippen molar-refractivity contribution in [3.63, 3.8) is 0 Å². The zero-order valence-corrected chi connectivity index (χ0v) is 16.6. The lowest BCUT2D eigenvalue weighted by atomic mass is 10.2. The molecule has 1 heterocycles. The summed E-state index contributed by atoms with van der Waals surface area (Å²) in [6.45, 7) is 3.68. The fourth-order valence-corrected chi connectivity index (χ4v) is 2.71. The molecule has 6 nitrogen and oxygen atoms in total. The van der Waals surface area contributed by atoms with E-state index in [0.717, 1.165) is 11.3 Å². The zero-order valence-electron chi connectivity index (χ0n) is 16.6. The average molecular weight is 391 g/mol. The largest absolute Gasteiger partial charge is 0.441 e. The highest BCUT2D eigenvalue weighted by Crippen LogP contribution is 2.20. The third-order valence-corrected chi connectivity index (χ3v) is 4.37. The number of hydrogen-bond acceptors (Lipinski definition) is 4. The SMILES string of the molecule is CC(C)C(=O)Nc1ccc(NC(=O)CCCc2ncc(-c3ccccc3)o2)cc1. The third-order valence-electron chi connectivity index (χ3n) is 4.37. The number of anilines is 2. The fourth-order valence-electron chi connectivity index (χ4n) is 2.71. The van der Waals surface area contributed by atoms with Gasteiger partial charge in [0.05, 0.1) is 6.20 Å². The lowest BCUT2D eigenvalue weighted by Crippen LogP contribution is -2.17. The Labute approximate surface area is 170 Å². The van der Waals surface area contributed by atoms with Gasteiger partial charge in [-0.3, -0.25) is 9.59 Å². The maximum atomic E-state index is 12.1. The first-order valence-electron chi connectivity index (χ1n) is 9.72. The Bertz CT molecular complexity index is 947. The Hall–Kier alpha value is -3.41. The number of aryl methyl sites for hydroxylation is 1. The smallest absolute Gasteiger partial charge is 0.226 e. The minimum Gasteiger partial charge on any atom is -0.441 e. The van der Waals surface area contributed by atoms with Crippen LogP contribution in [0.1, 0.15) is 32.6 Å². The van der Waals surface area contributed by atoms with E-state index < -0.39 is 0 Å². The molecule has 0 bridgehead atoms. The number of rotatable bonds is 8. The second-order valence-electron chi connectivity index (χ2n) is 7.11. The molecule has 0 aliphatic carbocycles. The van der Waals surface area contributed by atoms with Crippen LogP contribution in [0.15, 0.2) is 65.2 Å². The van der Waals surface area contributed by atoms with Gasteiger partial charge in [-0.05, 0) is 30.7 Å². The molecule has 1 aromatic heterocycles. The van der Waals surface area contributed by atoms with Crippen LogP contribution >= 0.6 is 0 Å². The molecule has 2 aromatic carbocycles. The summed E-state index contributed by atoms with van der Waals surface area (Å²) in [4.78, 5) is 28.1. The van der Waals surface area contributed by atoms with Crippen LogP contribution in [0.2, 0.25) is 0 Å². The van der Waals surface area contributed by atoms with Crippen molar-refractivity contribution in [1.82, 2.24) is 4.98 Å². The molecule has 150 valence electrons. The Balaban J connectivity index is 1.43. The van der Waals surface area contributed by atoms with Gasteiger partial charge in [-0.15, -0.1) is 0 Å². The van der Waals surface area contributed by atoms with E-state index in [1.165, 1.54) is 0 Å². The normalized spacial score (nSPS) is 10.7. The summed E-state index contributed by atoms with van der Waals surface area (Å²) in [5.74, 6) is 1.17. The van der Waals surface area contributed by atoms with Crippen molar-refractivity contribution < 1.29 is 14.0 Å². The maximum Gasteiger partial charge on any atom is 0.226 e. The van der Waals surface area contributed by atoms with Gasteiger partial charge in [0, 0.05) is 35.7 Å². The van der Waals surface area contributed by atoms with Crippen LogP contribution in [0.4, 0.5) is 11.4 Å². The average Bonchev–Trinajstić information content (AvgIpc) is 3.19. The topological polar surface area (TPSA) is 84.2 Å². The highest BCUT2D eigenvalue weighted by atomic mass is 16.4. The number of oxazole rings is 1. The van der Waals surface area contributed by atoms with Crippen LogP contribution in [-0.4, -0.2) is 16.8 Å². The van der Waals surface area contributed by atoms with Crippen molar-refractivity contribution in [1.29, 1.82) is 0 Å². The van der Waals surface area contributed by atoms with E-state index in [4.69, 9.17) is 4.42 Å². The standard InChI is InChI=1S/C23H25N3O3/c1-16(2)23(28)26-19-13-11-18(12-14-19)25-21(27)9-6-10-22-24-15-20(29-22)17-7-4-3-5-8-17/h3-5,7-8,11-16H,6,9-10H2,1-2H3,(H,25,27)(H,26,28). The first-order chi connectivity index (χ1) is 14.0. The van der Waals surface area contributed by atoms with Gasteiger partial charge in [-0.25, -0.2) is 4.98 Å². The molecule has 2 amide bonds. The minimum atomic E-state index is -0.0817. The van der Waals surface area contributed by atoms with E-state index in [-0.39, 0.29) is 17.7 Å². The first kappa shape index (κ1) is 20.3. The van der Waals surface area contributed by atoms with Crippen molar-refractivity contribution in [2.24, 2.45) is 5.92 Å². The number of aromatic nitrogens is 1. The molecule has 0 atom stereocenters. The third kappa shape index (κ3) is 6.04. The summed E-state index contributed by atoms with van der Waals surface area (Å²) in [6.07, 6.45) is 3.32. The Morgan fingerprint density at radius 2 is 1.62 bits per heavy atom. The zero-order chi connectivity index (χ0) is 20.6. The van der Waals surface area contributed by atoms with E-state index in [9.17, 15) is 9.59 Å². The second kappa shape index (κ2) is 9.68. The van der Waals surface area contributed by atoms with E-state index in [2.05, 4.69) is 15.6 Å². The van der Waals surface area contributed by atoms with Gasteiger partial charge in [0.2, 0.25) is 11.8 Å². The van der Waals surface area contributed by atoms with Gasteiger partial charge in [-0.1, -0.05) is 44.2 Å². The van der Waals surface area contributed by atoms with Crippen molar-refractivity contribution in [2.75, 3.05) is 10.6 Å². The highest BCUT2D eigenvalue weighted by molar-refractivity contribution is 5.93. The monoisotopic (exact) mass is 391 g/mol. The Kier molecular flexibility index (Phi) is 6.79. The molecule has 0 unspecified atom stereocenters. The number of nitrogens with zero attached hydrogens (tertiary/aromatic N) is 1. The molecule has 0 aliphatic rings. The maximum absolute atomic E-state index is 12.1. The molecule has 29 heavy (non-hydrogen) atoms. The predicted octanol–water partition coefficient (Wildman–Crippen LogP) is 4.90. The summed E-state index contributed by atoms with van der Waals surface area (Å²) in [6, 6.07) is 16.9. The molecule has 6 heteroatoms. The summed E-state index contributed by atoms with van der Waals surface area (Å²) in [5.41, 5.74) is 2.39. The number of hydrogen-bond donors (Lipinski definition) is 2. The summed E-state index contributed by atoms with van der Waals surface area (Å²) < 4.78 is 5.75. The molecule has 3 aromatic rings. The van der Waals surface area contributed by atoms with Gasteiger partial charge in [0.1, 0.15) is 0 Å². The number of carbonyl (C=O) groups is 2. The van der Waals surface area contributed by atoms with Crippen LogP contribution in [0.25, 0.3) is 11.3 Å². The Morgan fingerprint density at radius 1 is 0.966 bits per heavy atom. The predicted molar refractivity (Wildman–Crippen MR) is 113 cm³/mol. The molecule has 0 radical (unpaired) electrons. The van der Waals surface area contributed by atoms with E-state index in [1.807, 2.05) is 44.2 Å². The number of carbonyl (C=O) groups excluding carboxylic acids is 2. The van der Waals surface area contributed by atoms with Gasteiger partial charge in [0.15, 0.2) is 11.7 Å². The van der Waals surface area contributed by atoms with Gasteiger partial charge in [0.25, 0.3) is 0 Å². The number of nitrogens with one attached hydrogen (secondary N) is 2. The van der Waals surface area contributed by atoms with Gasteiger partial charge in [-0.2, -0.15) is 0 Å². The van der Waals surface area contributed by atoms with Gasteiger partial charge >= 0.3 is 0 Å². The van der Waals surface area contributed by atoms with Crippen LogP contribution in [-0.2, 0) is 16.0 Å². The summed E-state index contributed by atoms with van der Waals surface area (Å²) in [7, 11) is 0. The highest BCUT2D eigenvalue weighted by Gasteiger charge is 2.09. The first-order valence-corrected chi connectivity index (χ1v) is 9.72. The van der Waals surface area contributed by atoms with Crippen LogP contribution in [0.5, 0.6) is 0 Å². The lowest BCUT2D eigenvalue weighted by molar-refractivity contribution is -0.119. The van der Waals surface area contributed by atoms with Crippen LogP contribution in [0.3, 0.4) is 0 Å². The quantitative estimate of drug-likeness (QED) is 0.572. The number of amides is 2. The molecule has 0 saturated heterocycles. The van der Waals surface area contributed by atoms with Crippen molar-refractivity contribution in [2.45, 2.75) is 33.1 Å². The molecule has 0 aliphatic heterocycles. The lowest BCUT2D eigenvalue weighted by Gasteiger charge is -2.09. The summed E-state index contributed by atoms with van der Waals surface area (Å²) in [5, 5.41) is 5.68. The Morgan fingerprint density at radius 3 is 2.28 bits per heavy atom. The summed E-state index contributed by atoms with van der Waals surface area (Å²) >= 11 is 0. The second-order valence-corrected chi connectivity index (χ2v) is 7.11. The van der Waals surface area contributed by atoms with Crippen molar-refractivity contribution in [3.8, 4) is 11.3 Å². The minimum absolute atomic E-state index is 0.0382. The van der Waals surface area contributed by atoms with Gasteiger partial charge < -0.3 is 15.1 Å².